The van der Waals surface area contributed by atoms with Gasteiger partial charge in [0.2, 0.25) is 0 Å². The zero-order valence-corrected chi connectivity index (χ0v) is 12.2. The predicted octanol–water partition coefficient (Wildman–Crippen LogP) is 3.18. The second kappa shape index (κ2) is 6.83. The Balaban J connectivity index is 2.93. The van der Waals surface area contributed by atoms with E-state index in [0.29, 0.717) is 13.0 Å². The number of methoxy groups -OCH3 is 1. The van der Waals surface area contributed by atoms with Crippen LogP contribution in [0.25, 0.3) is 0 Å². The number of ether oxygens (including phenoxy) is 1. The summed E-state index contributed by atoms with van der Waals surface area (Å²) >= 11 is 1.73. The van der Waals surface area contributed by atoms with Crippen LogP contribution in [0.15, 0.2) is 12.1 Å². The van der Waals surface area contributed by atoms with E-state index in [2.05, 4.69) is 5.32 Å². The highest BCUT2D eigenvalue weighted by Crippen LogP contribution is 2.29. The second-order valence-corrected chi connectivity index (χ2v) is 5.03. The minimum atomic E-state index is -0.521. The van der Waals surface area contributed by atoms with Gasteiger partial charge < -0.3 is 10.1 Å². The molecule has 0 bridgehead atoms. The van der Waals surface area contributed by atoms with Crippen LogP contribution in [-0.4, -0.2) is 24.7 Å². The van der Waals surface area contributed by atoms with Crippen LogP contribution < -0.4 is 5.32 Å². The molecule has 7 heteroatoms. The Morgan fingerprint density at radius 1 is 1.61 bits per heavy atom. The number of benzene rings is 1. The first-order chi connectivity index (χ1) is 8.45. The van der Waals surface area contributed by atoms with Crippen LogP contribution in [-0.2, 0) is 4.74 Å². The van der Waals surface area contributed by atoms with E-state index in [9.17, 15) is 14.5 Å². The van der Waals surface area contributed by atoms with Crippen LogP contribution in [0.5, 0.6) is 0 Å². The van der Waals surface area contributed by atoms with Crippen LogP contribution in [0.2, 0.25) is 0 Å². The normalized spacial score (nSPS) is 12.2. The Morgan fingerprint density at radius 3 is 2.83 bits per heavy atom. The molecule has 1 atom stereocenters. The number of nitrogens with zero attached hydrogens (tertiary/aromatic N) is 1. The Bertz CT molecular complexity index is 443. The second-order valence-electron chi connectivity index (χ2n) is 3.87. The molecule has 0 aliphatic heterocycles. The summed E-state index contributed by atoms with van der Waals surface area (Å²) in [6.45, 7) is 2.40. The molecule has 0 aliphatic carbocycles. The molecule has 0 aromatic heterocycles. The van der Waals surface area contributed by atoms with Gasteiger partial charge in [0, 0.05) is 31.9 Å². The fourth-order valence-electron chi connectivity index (χ4n) is 1.44. The lowest BCUT2D eigenvalue weighted by molar-refractivity contribution is -0.384. The first-order valence-corrected chi connectivity index (χ1v) is 6.42. The molecule has 100 valence electrons. The minimum absolute atomic E-state index is 0.0388. The summed E-state index contributed by atoms with van der Waals surface area (Å²) < 4.78 is 18.6. The summed E-state index contributed by atoms with van der Waals surface area (Å²) in [5.41, 5.74) is 0.0755. The molecule has 0 radical (unpaired) electrons. The molecule has 1 aromatic carbocycles. The van der Waals surface area contributed by atoms with Gasteiger partial charge in [0.25, 0.3) is 5.69 Å². The van der Waals surface area contributed by atoms with Gasteiger partial charge in [-0.15, -0.1) is 0 Å². The fraction of sp³-hybridized carbons (Fsp3) is 0.455. The molecule has 0 heterocycles. The SMILES string of the molecule is COCCC(C)Nc1cc(F)c(I)cc1[N+](=O)[O-]. The number of rotatable bonds is 6. The molecule has 5 nitrogen and oxygen atoms in total. The molecule has 0 fully saturated rings. The van der Waals surface area contributed by atoms with Gasteiger partial charge in [0.1, 0.15) is 11.5 Å². The van der Waals surface area contributed by atoms with E-state index in [1.807, 2.05) is 6.92 Å². The van der Waals surface area contributed by atoms with Crippen molar-refractivity contribution in [2.45, 2.75) is 19.4 Å². The van der Waals surface area contributed by atoms with Crippen LogP contribution in [0, 0.1) is 19.5 Å². The fourth-order valence-corrected chi connectivity index (χ4v) is 1.89. The standard InChI is InChI=1S/C11H14FIN2O3/c1-7(3-4-18-2)14-10-5-8(12)9(13)6-11(10)15(16)17/h5-7,14H,3-4H2,1-2H3. The van der Waals surface area contributed by atoms with E-state index < -0.39 is 10.7 Å². The molecule has 0 saturated carbocycles. The summed E-state index contributed by atoms with van der Waals surface area (Å²) in [5.74, 6) is -0.470. The number of nitro groups is 1. The van der Waals surface area contributed by atoms with E-state index in [0.717, 1.165) is 6.07 Å². The van der Waals surface area contributed by atoms with Gasteiger partial charge in [-0.25, -0.2) is 4.39 Å². The van der Waals surface area contributed by atoms with Crippen molar-refractivity contribution in [3.8, 4) is 0 Å². The smallest absolute Gasteiger partial charge is 0.293 e. The van der Waals surface area contributed by atoms with Crippen LogP contribution in [0.4, 0.5) is 15.8 Å². The monoisotopic (exact) mass is 368 g/mol. The van der Waals surface area contributed by atoms with Gasteiger partial charge in [-0.3, -0.25) is 10.1 Å². The minimum Gasteiger partial charge on any atom is -0.385 e. The van der Waals surface area contributed by atoms with Gasteiger partial charge >= 0.3 is 0 Å². The van der Waals surface area contributed by atoms with E-state index in [4.69, 9.17) is 4.74 Å². The van der Waals surface area contributed by atoms with Crippen LogP contribution in [0.3, 0.4) is 0 Å². The molecule has 1 unspecified atom stereocenters. The maximum Gasteiger partial charge on any atom is 0.293 e. The van der Waals surface area contributed by atoms with Crippen molar-refractivity contribution in [2.24, 2.45) is 0 Å². The largest absolute Gasteiger partial charge is 0.385 e. The molecule has 0 amide bonds. The van der Waals surface area contributed by atoms with Crippen molar-refractivity contribution in [3.63, 3.8) is 0 Å². The van der Waals surface area contributed by atoms with Crippen molar-refractivity contribution in [1.82, 2.24) is 0 Å². The lowest BCUT2D eigenvalue weighted by Crippen LogP contribution is -2.18. The zero-order chi connectivity index (χ0) is 13.7. The number of nitrogens with one attached hydrogen (secondary N) is 1. The van der Waals surface area contributed by atoms with E-state index in [-0.39, 0.29) is 21.0 Å². The highest BCUT2D eigenvalue weighted by molar-refractivity contribution is 14.1. The van der Waals surface area contributed by atoms with Crippen molar-refractivity contribution >= 4 is 34.0 Å². The lowest BCUT2D eigenvalue weighted by Gasteiger charge is -2.15. The summed E-state index contributed by atoms with van der Waals surface area (Å²) in [5, 5.41) is 13.8. The number of anilines is 1. The summed E-state index contributed by atoms with van der Waals surface area (Å²) in [6, 6.07) is 2.34. The number of halogens is 2. The summed E-state index contributed by atoms with van der Waals surface area (Å²) in [4.78, 5) is 10.4. The van der Waals surface area contributed by atoms with Crippen molar-refractivity contribution in [3.05, 3.63) is 31.6 Å². The van der Waals surface area contributed by atoms with Crippen molar-refractivity contribution in [2.75, 3.05) is 19.0 Å². The Labute approximate surface area is 118 Å². The summed E-state index contributed by atoms with van der Waals surface area (Å²) in [7, 11) is 1.58. The molecule has 1 rings (SSSR count). The van der Waals surface area contributed by atoms with Gasteiger partial charge in [0.05, 0.1) is 8.49 Å². The van der Waals surface area contributed by atoms with Crippen molar-refractivity contribution < 1.29 is 14.1 Å². The quantitative estimate of drug-likeness (QED) is 0.476. The Kier molecular flexibility index (Phi) is 5.73. The Hall–Kier alpha value is -0.960. The van der Waals surface area contributed by atoms with Crippen molar-refractivity contribution in [1.29, 1.82) is 0 Å². The molecule has 1 N–H and O–H groups in total. The average molecular weight is 368 g/mol. The number of hydrogen-bond donors (Lipinski definition) is 1. The summed E-state index contributed by atoms with van der Waals surface area (Å²) in [6.07, 6.45) is 0.682. The van der Waals surface area contributed by atoms with Gasteiger partial charge in [0.15, 0.2) is 0 Å². The lowest BCUT2D eigenvalue weighted by atomic mass is 10.2. The van der Waals surface area contributed by atoms with Gasteiger partial charge in [-0.05, 0) is 35.9 Å². The predicted molar refractivity (Wildman–Crippen MR) is 75.3 cm³/mol. The van der Waals surface area contributed by atoms with Gasteiger partial charge in [-0.2, -0.15) is 0 Å². The molecule has 0 aliphatic rings. The molecular formula is C11H14FIN2O3. The van der Waals surface area contributed by atoms with Crippen LogP contribution >= 0.6 is 22.6 Å². The highest BCUT2D eigenvalue weighted by Gasteiger charge is 2.18. The molecular weight excluding hydrogens is 354 g/mol. The number of hydrogen-bond acceptors (Lipinski definition) is 4. The number of nitro benzene ring substituents is 1. The molecule has 0 spiro atoms. The first-order valence-electron chi connectivity index (χ1n) is 5.34. The molecule has 0 saturated heterocycles. The Morgan fingerprint density at radius 2 is 2.28 bits per heavy atom. The highest BCUT2D eigenvalue weighted by atomic mass is 127. The van der Waals surface area contributed by atoms with E-state index >= 15 is 0 Å². The third-order valence-electron chi connectivity index (χ3n) is 2.39. The topological polar surface area (TPSA) is 64.4 Å². The average Bonchev–Trinajstić information content (AvgIpc) is 2.30. The first kappa shape index (κ1) is 15.1. The third kappa shape index (κ3) is 4.05. The van der Waals surface area contributed by atoms with E-state index in [1.54, 1.807) is 29.7 Å². The van der Waals surface area contributed by atoms with E-state index in [1.165, 1.54) is 6.07 Å². The zero-order valence-electron chi connectivity index (χ0n) is 10.1. The van der Waals surface area contributed by atoms with Crippen LogP contribution in [0.1, 0.15) is 13.3 Å². The molecule has 18 heavy (non-hydrogen) atoms. The maximum atomic E-state index is 13.4. The maximum absolute atomic E-state index is 13.4. The van der Waals surface area contributed by atoms with Gasteiger partial charge in [-0.1, -0.05) is 0 Å². The molecule has 1 aromatic rings. The third-order valence-corrected chi connectivity index (χ3v) is 3.22.